The third kappa shape index (κ3) is 4.56. The predicted molar refractivity (Wildman–Crippen MR) is 88.6 cm³/mol. The van der Waals surface area contributed by atoms with Crippen LogP contribution < -0.4 is 10.1 Å². The topological polar surface area (TPSA) is 72.5 Å². The highest BCUT2D eigenvalue weighted by Gasteiger charge is 2.10. The van der Waals surface area contributed by atoms with Crippen molar-refractivity contribution >= 4 is 15.7 Å². The highest BCUT2D eigenvalue weighted by molar-refractivity contribution is 7.90. The normalized spacial score (nSPS) is 11.0. The number of ether oxygens (including phenoxy) is 1. The van der Waals surface area contributed by atoms with Crippen molar-refractivity contribution in [2.75, 3.05) is 19.9 Å². The van der Waals surface area contributed by atoms with Crippen LogP contribution in [0.1, 0.15) is 15.9 Å². The highest BCUT2D eigenvalue weighted by atomic mass is 32.2. The van der Waals surface area contributed by atoms with Gasteiger partial charge in [-0.2, -0.15) is 0 Å². The molecule has 0 aliphatic rings. The van der Waals surface area contributed by atoms with Gasteiger partial charge in [0, 0.05) is 18.4 Å². The Morgan fingerprint density at radius 2 is 1.74 bits per heavy atom. The molecule has 1 N–H and O–H groups in total. The van der Waals surface area contributed by atoms with Gasteiger partial charge >= 0.3 is 0 Å². The van der Waals surface area contributed by atoms with E-state index in [1.54, 1.807) is 7.11 Å². The molecule has 0 atom stereocenters. The number of hydrogen-bond acceptors (Lipinski definition) is 4. The number of amides is 1. The van der Waals surface area contributed by atoms with Crippen LogP contribution in [-0.2, 0) is 16.3 Å². The summed E-state index contributed by atoms with van der Waals surface area (Å²) in [7, 11) is -1.64. The van der Waals surface area contributed by atoms with E-state index >= 15 is 0 Å². The lowest BCUT2D eigenvalue weighted by Crippen LogP contribution is -2.25. The van der Waals surface area contributed by atoms with E-state index in [9.17, 15) is 13.2 Å². The molecule has 0 bridgehead atoms. The Balaban J connectivity index is 1.95. The maximum absolute atomic E-state index is 12.1. The number of carbonyl (C=O) groups excluding carboxylic acids is 1. The van der Waals surface area contributed by atoms with Crippen molar-refractivity contribution in [3.05, 3.63) is 59.7 Å². The van der Waals surface area contributed by atoms with Gasteiger partial charge in [-0.05, 0) is 42.3 Å². The molecule has 0 spiro atoms. The molecule has 2 rings (SSSR count). The first kappa shape index (κ1) is 17.0. The van der Waals surface area contributed by atoms with E-state index in [1.165, 1.54) is 24.3 Å². The molecular formula is C17H19NO4S. The average Bonchev–Trinajstić information content (AvgIpc) is 2.54. The summed E-state index contributed by atoms with van der Waals surface area (Å²) < 4.78 is 28.0. The number of nitrogens with one attached hydrogen (secondary N) is 1. The minimum atomic E-state index is -3.25. The molecule has 6 heteroatoms. The van der Waals surface area contributed by atoms with Crippen LogP contribution in [0.3, 0.4) is 0 Å². The molecule has 0 fully saturated rings. The first-order chi connectivity index (χ1) is 10.9. The number of para-hydroxylation sites is 1. The fourth-order valence-electron chi connectivity index (χ4n) is 2.18. The molecule has 0 aliphatic heterocycles. The van der Waals surface area contributed by atoms with Crippen LogP contribution in [0.5, 0.6) is 5.75 Å². The van der Waals surface area contributed by atoms with Crippen LogP contribution in [-0.4, -0.2) is 34.2 Å². The van der Waals surface area contributed by atoms with Crippen LogP contribution >= 0.6 is 0 Å². The monoisotopic (exact) mass is 333 g/mol. The smallest absolute Gasteiger partial charge is 0.251 e. The van der Waals surface area contributed by atoms with Gasteiger partial charge in [0.1, 0.15) is 5.75 Å². The van der Waals surface area contributed by atoms with Crippen molar-refractivity contribution in [3.8, 4) is 5.75 Å². The second-order valence-corrected chi connectivity index (χ2v) is 7.13. The standard InChI is InChI=1S/C17H19NO4S/c1-22-16-6-4-3-5-13(16)11-12-18-17(19)14-7-9-15(10-8-14)23(2,20)21/h3-10H,11-12H2,1-2H3,(H,18,19). The predicted octanol–water partition coefficient (Wildman–Crippen LogP) is 2.07. The van der Waals surface area contributed by atoms with Crippen LogP contribution in [0.4, 0.5) is 0 Å². The second kappa shape index (κ2) is 7.28. The lowest BCUT2D eigenvalue weighted by molar-refractivity contribution is 0.0954. The van der Waals surface area contributed by atoms with Gasteiger partial charge in [0.05, 0.1) is 12.0 Å². The zero-order valence-corrected chi connectivity index (χ0v) is 13.9. The van der Waals surface area contributed by atoms with E-state index in [4.69, 9.17) is 4.74 Å². The van der Waals surface area contributed by atoms with Crippen molar-refractivity contribution in [2.24, 2.45) is 0 Å². The molecule has 0 aliphatic carbocycles. The van der Waals surface area contributed by atoms with Crippen molar-refractivity contribution < 1.29 is 17.9 Å². The molecule has 0 saturated heterocycles. The molecule has 0 unspecified atom stereocenters. The molecule has 2 aromatic rings. The molecule has 5 nitrogen and oxygen atoms in total. The SMILES string of the molecule is COc1ccccc1CCNC(=O)c1ccc(S(C)(=O)=O)cc1. The van der Waals surface area contributed by atoms with Gasteiger partial charge < -0.3 is 10.1 Å². The first-order valence-corrected chi connectivity index (χ1v) is 9.01. The molecule has 0 aromatic heterocycles. The van der Waals surface area contributed by atoms with Gasteiger partial charge in [-0.25, -0.2) is 8.42 Å². The number of rotatable bonds is 6. The van der Waals surface area contributed by atoms with E-state index < -0.39 is 9.84 Å². The fraction of sp³-hybridized carbons (Fsp3) is 0.235. The number of hydrogen-bond donors (Lipinski definition) is 1. The number of sulfone groups is 1. The van der Waals surface area contributed by atoms with Crippen molar-refractivity contribution in [3.63, 3.8) is 0 Å². The largest absolute Gasteiger partial charge is 0.496 e. The molecule has 0 saturated carbocycles. The van der Waals surface area contributed by atoms with Crippen LogP contribution in [0.15, 0.2) is 53.4 Å². The van der Waals surface area contributed by atoms with Gasteiger partial charge in [-0.3, -0.25) is 4.79 Å². The Kier molecular flexibility index (Phi) is 5.39. The minimum Gasteiger partial charge on any atom is -0.496 e. The quantitative estimate of drug-likeness (QED) is 0.878. The van der Waals surface area contributed by atoms with Crippen LogP contribution in [0.2, 0.25) is 0 Å². The van der Waals surface area contributed by atoms with Crippen LogP contribution in [0.25, 0.3) is 0 Å². The summed E-state index contributed by atoms with van der Waals surface area (Å²) in [5, 5.41) is 2.81. The lowest BCUT2D eigenvalue weighted by Gasteiger charge is -2.09. The Morgan fingerprint density at radius 3 is 2.35 bits per heavy atom. The summed E-state index contributed by atoms with van der Waals surface area (Å²) in [6.07, 6.45) is 1.78. The second-order valence-electron chi connectivity index (χ2n) is 5.11. The molecule has 0 heterocycles. The summed E-state index contributed by atoms with van der Waals surface area (Å²) in [6.45, 7) is 0.465. The van der Waals surface area contributed by atoms with Gasteiger partial charge in [0.25, 0.3) is 5.91 Å². The lowest BCUT2D eigenvalue weighted by atomic mass is 10.1. The van der Waals surface area contributed by atoms with E-state index in [1.807, 2.05) is 24.3 Å². The van der Waals surface area contributed by atoms with E-state index in [0.29, 0.717) is 18.5 Å². The fourth-order valence-corrected chi connectivity index (χ4v) is 2.81. The first-order valence-electron chi connectivity index (χ1n) is 7.12. The van der Waals surface area contributed by atoms with Crippen LogP contribution in [0, 0.1) is 0 Å². The number of carbonyl (C=O) groups is 1. The van der Waals surface area contributed by atoms with Gasteiger partial charge in [0.2, 0.25) is 0 Å². The summed E-state index contributed by atoms with van der Waals surface area (Å²) in [6, 6.07) is 13.5. The summed E-state index contributed by atoms with van der Waals surface area (Å²) in [5.74, 6) is 0.555. The molecule has 23 heavy (non-hydrogen) atoms. The zero-order chi connectivity index (χ0) is 16.9. The Labute approximate surface area is 136 Å². The summed E-state index contributed by atoms with van der Waals surface area (Å²) in [5.41, 5.74) is 1.44. The van der Waals surface area contributed by atoms with Gasteiger partial charge in [-0.1, -0.05) is 18.2 Å². The average molecular weight is 333 g/mol. The Bertz CT molecular complexity index is 782. The Morgan fingerprint density at radius 1 is 1.09 bits per heavy atom. The van der Waals surface area contributed by atoms with Crippen molar-refractivity contribution in [1.29, 1.82) is 0 Å². The molecule has 0 radical (unpaired) electrons. The summed E-state index contributed by atoms with van der Waals surface area (Å²) >= 11 is 0. The third-order valence-corrected chi connectivity index (χ3v) is 4.55. The van der Waals surface area contributed by atoms with Gasteiger partial charge in [0.15, 0.2) is 9.84 Å². The van der Waals surface area contributed by atoms with E-state index in [0.717, 1.165) is 17.6 Å². The molecule has 2 aromatic carbocycles. The Hall–Kier alpha value is -2.34. The van der Waals surface area contributed by atoms with E-state index in [2.05, 4.69) is 5.32 Å². The van der Waals surface area contributed by atoms with Crippen molar-refractivity contribution in [1.82, 2.24) is 5.32 Å². The number of methoxy groups -OCH3 is 1. The molecule has 122 valence electrons. The zero-order valence-electron chi connectivity index (χ0n) is 13.1. The van der Waals surface area contributed by atoms with Gasteiger partial charge in [-0.15, -0.1) is 0 Å². The minimum absolute atomic E-state index is 0.197. The number of benzene rings is 2. The third-order valence-electron chi connectivity index (χ3n) is 3.42. The maximum atomic E-state index is 12.1. The maximum Gasteiger partial charge on any atom is 0.251 e. The summed E-state index contributed by atoms with van der Waals surface area (Å²) in [4.78, 5) is 12.3. The highest BCUT2D eigenvalue weighted by Crippen LogP contribution is 2.17. The van der Waals surface area contributed by atoms with E-state index in [-0.39, 0.29) is 10.8 Å². The molecule has 1 amide bonds. The molecular weight excluding hydrogens is 314 g/mol. The van der Waals surface area contributed by atoms with Crippen molar-refractivity contribution in [2.45, 2.75) is 11.3 Å².